The van der Waals surface area contributed by atoms with E-state index in [1.165, 1.54) is 19.1 Å². The zero-order valence-electron chi connectivity index (χ0n) is 20.0. The molecule has 0 aliphatic carbocycles. The Hall–Kier alpha value is -4.92. The second kappa shape index (κ2) is 9.27. The van der Waals surface area contributed by atoms with Crippen LogP contribution in [0.3, 0.4) is 0 Å². The number of carbonyl (C=O) groups excluding carboxylic acids is 5. The first kappa shape index (κ1) is 25.2. The highest BCUT2D eigenvalue weighted by Crippen LogP contribution is 2.34. The number of carbonyl (C=O) groups is 6. The number of hydrogen-bond donors (Lipinski definition) is 1. The minimum Gasteiger partial charge on any atom is -0.478 e. The maximum absolute atomic E-state index is 11.7. The average Bonchev–Trinajstić information content (AvgIpc) is 3.32. The van der Waals surface area contributed by atoms with Gasteiger partial charge in [-0.2, -0.15) is 0 Å². The topological polar surface area (TPSA) is 141 Å². The van der Waals surface area contributed by atoms with Crippen molar-refractivity contribution >= 4 is 35.6 Å². The summed E-state index contributed by atoms with van der Waals surface area (Å²) in [6.45, 7) is 5.55. The van der Waals surface area contributed by atoms with E-state index in [1.54, 1.807) is 18.2 Å². The number of carboxylic acid groups (broad SMARTS) is 1. The van der Waals surface area contributed by atoms with Crippen LogP contribution >= 0.6 is 0 Å². The van der Waals surface area contributed by atoms with Gasteiger partial charge in [0.1, 0.15) is 0 Å². The molecule has 5 rings (SSSR count). The van der Waals surface area contributed by atoms with Crippen LogP contribution in [0.5, 0.6) is 0 Å². The van der Waals surface area contributed by atoms with Gasteiger partial charge < -0.3 is 14.6 Å². The van der Waals surface area contributed by atoms with Crippen LogP contribution in [0.25, 0.3) is 0 Å². The summed E-state index contributed by atoms with van der Waals surface area (Å²) < 4.78 is 8.93. The van der Waals surface area contributed by atoms with Crippen LogP contribution in [0.1, 0.15) is 94.0 Å². The van der Waals surface area contributed by atoms with E-state index in [0.29, 0.717) is 16.7 Å². The summed E-state index contributed by atoms with van der Waals surface area (Å²) in [6, 6.07) is 16.2. The molecule has 3 aromatic rings. The fourth-order valence-electron chi connectivity index (χ4n) is 3.99. The highest BCUT2D eigenvalue weighted by Gasteiger charge is 2.33. The SMILES string of the molecule is CC(=O)c1cccc(C(C)(C)c2ccc3c(c2)C(=O)OC3=O)c1.O=C(O)c1ccc2c(c1)C(=O)OC2=O. The predicted molar refractivity (Wildman–Crippen MR) is 128 cm³/mol. The minimum absolute atomic E-state index is 0.00535. The summed E-state index contributed by atoms with van der Waals surface area (Å²) in [5, 5.41) is 8.63. The molecule has 2 aliphatic heterocycles. The van der Waals surface area contributed by atoms with Crippen LogP contribution < -0.4 is 0 Å². The molecule has 0 atom stereocenters. The van der Waals surface area contributed by atoms with Crippen molar-refractivity contribution in [2.24, 2.45) is 0 Å². The van der Waals surface area contributed by atoms with Crippen LogP contribution in [-0.2, 0) is 14.9 Å². The summed E-state index contributed by atoms with van der Waals surface area (Å²) >= 11 is 0. The lowest BCUT2D eigenvalue weighted by Gasteiger charge is -2.26. The van der Waals surface area contributed by atoms with E-state index in [9.17, 15) is 28.8 Å². The number of rotatable bonds is 4. The second-order valence-electron chi connectivity index (χ2n) is 8.94. The van der Waals surface area contributed by atoms with Crippen LogP contribution in [0.2, 0.25) is 0 Å². The van der Waals surface area contributed by atoms with Gasteiger partial charge in [-0.15, -0.1) is 0 Å². The van der Waals surface area contributed by atoms with E-state index in [1.807, 2.05) is 38.1 Å². The molecule has 0 saturated carbocycles. The highest BCUT2D eigenvalue weighted by molar-refractivity contribution is 6.16. The molecule has 0 unspecified atom stereocenters. The molecular weight excluding hydrogens is 480 g/mol. The average molecular weight is 500 g/mol. The van der Waals surface area contributed by atoms with E-state index < -0.39 is 35.3 Å². The van der Waals surface area contributed by atoms with Gasteiger partial charge in [-0.05, 0) is 54.4 Å². The number of hydrogen-bond acceptors (Lipinski definition) is 8. The standard InChI is InChI=1S/C19H16O4.C9H4O5/c1-11(20)12-5-4-6-13(9-12)19(2,3)14-7-8-15-16(10-14)18(22)23-17(15)21;10-7(11)4-1-2-5-6(3-4)9(13)14-8(5)12/h4-10H,1-3H3;1-3H,(H,10,11). The van der Waals surface area contributed by atoms with Gasteiger partial charge in [-0.25, -0.2) is 24.0 Å². The first-order valence-electron chi connectivity index (χ1n) is 11.1. The number of carboxylic acids is 1. The molecule has 2 heterocycles. The molecular formula is C28H20O9. The largest absolute Gasteiger partial charge is 0.478 e. The molecule has 186 valence electrons. The summed E-state index contributed by atoms with van der Waals surface area (Å²) in [4.78, 5) is 67.4. The Kier molecular flexibility index (Phi) is 6.31. The number of fused-ring (bicyclic) bond motifs is 2. The molecule has 0 amide bonds. The number of ether oxygens (including phenoxy) is 2. The van der Waals surface area contributed by atoms with E-state index in [2.05, 4.69) is 9.47 Å². The molecule has 37 heavy (non-hydrogen) atoms. The van der Waals surface area contributed by atoms with Crippen molar-refractivity contribution < 1.29 is 43.3 Å². The maximum Gasteiger partial charge on any atom is 0.346 e. The van der Waals surface area contributed by atoms with Crippen molar-refractivity contribution in [1.29, 1.82) is 0 Å². The summed E-state index contributed by atoms with van der Waals surface area (Å²) in [5.74, 6) is -3.89. The van der Waals surface area contributed by atoms with Crippen molar-refractivity contribution in [1.82, 2.24) is 0 Å². The smallest absolute Gasteiger partial charge is 0.346 e. The van der Waals surface area contributed by atoms with E-state index >= 15 is 0 Å². The number of ketones is 1. The van der Waals surface area contributed by atoms with Gasteiger partial charge >= 0.3 is 29.8 Å². The molecule has 9 nitrogen and oxygen atoms in total. The number of aromatic carboxylic acids is 1. The normalized spacial score (nSPS) is 13.7. The van der Waals surface area contributed by atoms with Gasteiger partial charge in [-0.3, -0.25) is 4.79 Å². The van der Waals surface area contributed by atoms with Crippen LogP contribution in [0.4, 0.5) is 0 Å². The van der Waals surface area contributed by atoms with Gasteiger partial charge in [-0.1, -0.05) is 38.1 Å². The Morgan fingerprint density at radius 3 is 1.73 bits per heavy atom. The van der Waals surface area contributed by atoms with Gasteiger partial charge in [0.05, 0.1) is 27.8 Å². The number of cyclic esters (lactones) is 4. The van der Waals surface area contributed by atoms with Crippen molar-refractivity contribution in [2.45, 2.75) is 26.2 Å². The molecule has 9 heteroatoms. The van der Waals surface area contributed by atoms with Gasteiger partial charge in [0.15, 0.2) is 5.78 Å². The fraction of sp³-hybridized carbons (Fsp3) is 0.143. The van der Waals surface area contributed by atoms with Gasteiger partial charge in [0.2, 0.25) is 0 Å². The van der Waals surface area contributed by atoms with E-state index in [4.69, 9.17) is 5.11 Å². The highest BCUT2D eigenvalue weighted by atomic mass is 16.6. The molecule has 1 N–H and O–H groups in total. The first-order valence-corrected chi connectivity index (χ1v) is 11.1. The monoisotopic (exact) mass is 500 g/mol. The van der Waals surface area contributed by atoms with Crippen molar-refractivity contribution in [3.05, 3.63) is 105 Å². The molecule has 2 aliphatic rings. The Balaban J connectivity index is 0.000000195. The molecule has 0 fully saturated rings. The van der Waals surface area contributed by atoms with Crippen LogP contribution in [0.15, 0.2) is 60.7 Å². The van der Waals surface area contributed by atoms with Gasteiger partial charge in [0.25, 0.3) is 0 Å². The third-order valence-electron chi connectivity index (χ3n) is 6.25. The second-order valence-corrected chi connectivity index (χ2v) is 8.94. The summed E-state index contributed by atoms with van der Waals surface area (Å²) in [6.07, 6.45) is 0. The molecule has 0 radical (unpaired) electrons. The zero-order chi connectivity index (χ0) is 27.1. The Bertz CT molecular complexity index is 1530. The van der Waals surface area contributed by atoms with Crippen molar-refractivity contribution in [2.75, 3.05) is 0 Å². The lowest BCUT2D eigenvalue weighted by molar-refractivity contribution is 0.0425. The zero-order valence-corrected chi connectivity index (χ0v) is 20.0. The lowest BCUT2D eigenvalue weighted by Crippen LogP contribution is -2.20. The van der Waals surface area contributed by atoms with E-state index in [0.717, 1.165) is 17.2 Å². The fourth-order valence-corrected chi connectivity index (χ4v) is 3.99. The van der Waals surface area contributed by atoms with Crippen molar-refractivity contribution in [3.63, 3.8) is 0 Å². The first-order chi connectivity index (χ1) is 17.4. The minimum atomic E-state index is -1.15. The summed E-state index contributed by atoms with van der Waals surface area (Å²) in [5.41, 5.74) is 2.73. The predicted octanol–water partition coefficient (Wildman–Crippen LogP) is 4.22. The molecule has 0 bridgehead atoms. The van der Waals surface area contributed by atoms with Crippen LogP contribution in [0, 0.1) is 0 Å². The third kappa shape index (κ3) is 4.66. The summed E-state index contributed by atoms with van der Waals surface area (Å²) in [7, 11) is 0. The Morgan fingerprint density at radius 2 is 1.16 bits per heavy atom. The van der Waals surface area contributed by atoms with Crippen LogP contribution in [-0.4, -0.2) is 40.7 Å². The molecule has 3 aromatic carbocycles. The number of benzene rings is 3. The number of esters is 4. The quantitative estimate of drug-likeness (QED) is 0.316. The molecule has 0 saturated heterocycles. The maximum atomic E-state index is 11.7. The lowest BCUT2D eigenvalue weighted by atomic mass is 9.77. The Morgan fingerprint density at radius 1 is 0.649 bits per heavy atom. The van der Waals surface area contributed by atoms with E-state index in [-0.39, 0.29) is 22.5 Å². The number of Topliss-reactive ketones (excluding diaryl/α,β-unsaturated/α-hetero) is 1. The molecule has 0 spiro atoms. The van der Waals surface area contributed by atoms with Crippen molar-refractivity contribution in [3.8, 4) is 0 Å². The molecule has 0 aromatic heterocycles. The Labute approximate surface area is 210 Å². The van der Waals surface area contributed by atoms with Gasteiger partial charge in [0, 0.05) is 11.0 Å². The third-order valence-corrected chi connectivity index (χ3v) is 6.25.